The summed E-state index contributed by atoms with van der Waals surface area (Å²) < 4.78 is 2.04. The molecule has 1 aliphatic carbocycles. The molecule has 3 nitrogen and oxygen atoms in total. The second kappa shape index (κ2) is 4.58. The van der Waals surface area contributed by atoms with E-state index in [1.165, 1.54) is 0 Å². The summed E-state index contributed by atoms with van der Waals surface area (Å²) in [6.07, 6.45) is 9.76. The minimum Gasteiger partial charge on any atom is -0.390 e. The maximum atomic E-state index is 10.4. The topological polar surface area (TPSA) is 38.1 Å². The van der Waals surface area contributed by atoms with Crippen molar-refractivity contribution < 1.29 is 5.11 Å². The van der Waals surface area contributed by atoms with Crippen LogP contribution in [0.3, 0.4) is 0 Å². The van der Waals surface area contributed by atoms with Crippen LogP contribution in [0.25, 0.3) is 0 Å². The minimum atomic E-state index is -0.432. The third kappa shape index (κ3) is 2.64. The molecule has 1 saturated carbocycles. The smallest absolute Gasteiger partial charge is 0.108 e. The molecule has 16 heavy (non-hydrogen) atoms. The molecule has 0 saturated heterocycles. The normalized spacial score (nSPS) is 30.6. The molecule has 1 N–H and O–H groups in total. The molecule has 0 aromatic carbocycles. The van der Waals surface area contributed by atoms with Gasteiger partial charge in [-0.25, -0.2) is 4.98 Å². The SMILES string of the molecule is CC1CCC(O)(CCc2nccn2C)CC1. The summed E-state index contributed by atoms with van der Waals surface area (Å²) in [6.45, 7) is 2.28. The van der Waals surface area contributed by atoms with Crippen molar-refractivity contribution in [3.63, 3.8) is 0 Å². The van der Waals surface area contributed by atoms with Crippen LogP contribution in [0.15, 0.2) is 12.4 Å². The summed E-state index contributed by atoms with van der Waals surface area (Å²) in [5.41, 5.74) is -0.432. The van der Waals surface area contributed by atoms with E-state index in [1.807, 2.05) is 24.0 Å². The van der Waals surface area contributed by atoms with Crippen molar-refractivity contribution in [2.24, 2.45) is 13.0 Å². The van der Waals surface area contributed by atoms with Crippen LogP contribution >= 0.6 is 0 Å². The van der Waals surface area contributed by atoms with Gasteiger partial charge in [-0.15, -0.1) is 0 Å². The predicted molar refractivity (Wildman–Crippen MR) is 64.1 cm³/mol. The molecule has 0 spiro atoms. The first-order valence-electron chi connectivity index (χ1n) is 6.28. The highest BCUT2D eigenvalue weighted by Gasteiger charge is 2.31. The Hall–Kier alpha value is -0.830. The third-order valence-electron chi connectivity index (χ3n) is 3.94. The molecule has 1 fully saturated rings. The quantitative estimate of drug-likeness (QED) is 0.852. The van der Waals surface area contributed by atoms with Crippen molar-refractivity contribution in [2.75, 3.05) is 0 Å². The van der Waals surface area contributed by atoms with Crippen molar-refractivity contribution in [3.8, 4) is 0 Å². The maximum absolute atomic E-state index is 10.4. The Kier molecular flexibility index (Phi) is 3.33. The Labute approximate surface area is 97.5 Å². The standard InChI is InChI=1S/C13H22N2O/c1-11-3-6-13(16,7-4-11)8-5-12-14-9-10-15(12)2/h9-11,16H,3-8H2,1-2H3. The van der Waals surface area contributed by atoms with Gasteiger partial charge in [0.25, 0.3) is 0 Å². The number of imidazole rings is 1. The third-order valence-corrected chi connectivity index (χ3v) is 3.94. The molecule has 0 aliphatic heterocycles. The van der Waals surface area contributed by atoms with Crippen LogP contribution in [0.5, 0.6) is 0 Å². The van der Waals surface area contributed by atoms with Gasteiger partial charge in [0.05, 0.1) is 5.60 Å². The number of aromatic nitrogens is 2. The Morgan fingerprint density at radius 1 is 1.50 bits per heavy atom. The average molecular weight is 222 g/mol. The van der Waals surface area contributed by atoms with Crippen LogP contribution in [0, 0.1) is 5.92 Å². The highest BCUT2D eigenvalue weighted by atomic mass is 16.3. The average Bonchev–Trinajstić information content (AvgIpc) is 2.67. The van der Waals surface area contributed by atoms with E-state index in [-0.39, 0.29) is 0 Å². The Morgan fingerprint density at radius 3 is 2.75 bits per heavy atom. The summed E-state index contributed by atoms with van der Waals surface area (Å²) in [7, 11) is 2.01. The summed E-state index contributed by atoms with van der Waals surface area (Å²) in [4.78, 5) is 4.30. The fourth-order valence-corrected chi connectivity index (χ4v) is 2.53. The molecular weight excluding hydrogens is 200 g/mol. The first kappa shape index (κ1) is 11.6. The van der Waals surface area contributed by atoms with Crippen LogP contribution in [0.1, 0.15) is 44.9 Å². The van der Waals surface area contributed by atoms with Crippen LogP contribution in [-0.2, 0) is 13.5 Å². The van der Waals surface area contributed by atoms with Gasteiger partial charge in [-0.1, -0.05) is 6.92 Å². The molecule has 0 unspecified atom stereocenters. The van der Waals surface area contributed by atoms with E-state index < -0.39 is 5.60 Å². The minimum absolute atomic E-state index is 0.432. The van der Waals surface area contributed by atoms with Crippen molar-refractivity contribution in [3.05, 3.63) is 18.2 Å². The second-order valence-electron chi connectivity index (χ2n) is 5.36. The van der Waals surface area contributed by atoms with Gasteiger partial charge in [-0.2, -0.15) is 0 Å². The highest BCUT2D eigenvalue weighted by Crippen LogP contribution is 2.34. The molecule has 1 aromatic rings. The molecule has 0 radical (unpaired) electrons. The molecule has 1 heterocycles. The largest absolute Gasteiger partial charge is 0.390 e. The number of aliphatic hydroxyl groups is 1. The summed E-state index contributed by atoms with van der Waals surface area (Å²) in [6, 6.07) is 0. The van der Waals surface area contributed by atoms with Crippen molar-refractivity contribution in [1.82, 2.24) is 9.55 Å². The van der Waals surface area contributed by atoms with Crippen LogP contribution < -0.4 is 0 Å². The highest BCUT2D eigenvalue weighted by molar-refractivity contribution is 4.94. The summed E-state index contributed by atoms with van der Waals surface area (Å²) >= 11 is 0. The summed E-state index contributed by atoms with van der Waals surface area (Å²) in [5.74, 6) is 1.86. The van der Waals surface area contributed by atoms with E-state index in [0.29, 0.717) is 0 Å². The second-order valence-corrected chi connectivity index (χ2v) is 5.36. The maximum Gasteiger partial charge on any atom is 0.108 e. The number of hydrogen-bond donors (Lipinski definition) is 1. The van der Waals surface area contributed by atoms with Gasteiger partial charge in [0, 0.05) is 25.9 Å². The zero-order chi connectivity index (χ0) is 11.6. The number of hydrogen-bond acceptors (Lipinski definition) is 2. The lowest BCUT2D eigenvalue weighted by molar-refractivity contribution is -0.0146. The lowest BCUT2D eigenvalue weighted by atomic mass is 9.77. The van der Waals surface area contributed by atoms with Gasteiger partial charge in [0.15, 0.2) is 0 Å². The molecule has 90 valence electrons. The van der Waals surface area contributed by atoms with Gasteiger partial charge in [0.2, 0.25) is 0 Å². The summed E-state index contributed by atoms with van der Waals surface area (Å²) in [5, 5.41) is 10.4. The molecule has 0 bridgehead atoms. The monoisotopic (exact) mass is 222 g/mol. The molecule has 1 aromatic heterocycles. The van der Waals surface area contributed by atoms with E-state index in [0.717, 1.165) is 50.3 Å². The van der Waals surface area contributed by atoms with E-state index in [2.05, 4.69) is 11.9 Å². The van der Waals surface area contributed by atoms with Crippen LogP contribution in [0.2, 0.25) is 0 Å². The molecule has 2 rings (SSSR count). The number of rotatable bonds is 3. The van der Waals surface area contributed by atoms with Gasteiger partial charge in [-0.3, -0.25) is 0 Å². The zero-order valence-corrected chi connectivity index (χ0v) is 10.3. The Bertz CT molecular complexity index is 337. The molecule has 0 amide bonds. The molecule has 0 atom stereocenters. The van der Waals surface area contributed by atoms with Gasteiger partial charge < -0.3 is 9.67 Å². The van der Waals surface area contributed by atoms with E-state index in [9.17, 15) is 5.11 Å². The number of aryl methyl sites for hydroxylation is 2. The zero-order valence-electron chi connectivity index (χ0n) is 10.3. The Balaban J connectivity index is 1.88. The molecule has 1 aliphatic rings. The predicted octanol–water partition coefficient (Wildman–Crippen LogP) is 2.29. The van der Waals surface area contributed by atoms with Gasteiger partial charge >= 0.3 is 0 Å². The Morgan fingerprint density at radius 2 is 2.19 bits per heavy atom. The lowest BCUT2D eigenvalue weighted by Gasteiger charge is -2.34. The van der Waals surface area contributed by atoms with Gasteiger partial charge in [-0.05, 0) is 38.0 Å². The first-order valence-corrected chi connectivity index (χ1v) is 6.28. The fraction of sp³-hybridized carbons (Fsp3) is 0.769. The van der Waals surface area contributed by atoms with Gasteiger partial charge in [0.1, 0.15) is 5.82 Å². The van der Waals surface area contributed by atoms with Crippen molar-refractivity contribution in [2.45, 2.75) is 51.0 Å². The van der Waals surface area contributed by atoms with Crippen LogP contribution in [0.4, 0.5) is 0 Å². The van der Waals surface area contributed by atoms with Crippen molar-refractivity contribution in [1.29, 1.82) is 0 Å². The van der Waals surface area contributed by atoms with Crippen molar-refractivity contribution >= 4 is 0 Å². The van der Waals surface area contributed by atoms with E-state index >= 15 is 0 Å². The number of nitrogens with zero attached hydrogens (tertiary/aromatic N) is 2. The first-order chi connectivity index (χ1) is 7.59. The van der Waals surface area contributed by atoms with E-state index in [4.69, 9.17) is 0 Å². The molecular formula is C13H22N2O. The fourth-order valence-electron chi connectivity index (χ4n) is 2.53. The van der Waals surface area contributed by atoms with Crippen LogP contribution in [-0.4, -0.2) is 20.3 Å². The van der Waals surface area contributed by atoms with E-state index in [1.54, 1.807) is 0 Å². The lowest BCUT2D eigenvalue weighted by Crippen LogP contribution is -2.34. The molecule has 3 heteroatoms.